The Morgan fingerprint density at radius 2 is 2.14 bits per heavy atom. The Balaban J connectivity index is 2.38. The van der Waals surface area contributed by atoms with Crippen LogP contribution in [-0.2, 0) is 0 Å². The first-order valence-corrected chi connectivity index (χ1v) is 5.64. The van der Waals surface area contributed by atoms with Gasteiger partial charge < -0.3 is 15.1 Å². The molecule has 2 atom stereocenters. The van der Waals surface area contributed by atoms with Crippen LogP contribution in [-0.4, -0.2) is 47.5 Å². The zero-order valence-corrected chi connectivity index (χ0v) is 9.32. The fraction of sp³-hybridized carbons (Fsp3) is 1.00. The number of nitrogens with zero attached hydrogens (tertiary/aromatic N) is 1. The van der Waals surface area contributed by atoms with Gasteiger partial charge in [0, 0.05) is 19.6 Å². The molecule has 1 fully saturated rings. The smallest absolute Gasteiger partial charge is 0.0592 e. The van der Waals surface area contributed by atoms with Gasteiger partial charge in [-0.25, -0.2) is 0 Å². The summed E-state index contributed by atoms with van der Waals surface area (Å²) in [6.45, 7) is 7.23. The summed E-state index contributed by atoms with van der Waals surface area (Å²) in [5, 5.41) is 18.7. The maximum atomic E-state index is 9.81. The molecule has 3 heteroatoms. The number of piperidine rings is 1. The summed E-state index contributed by atoms with van der Waals surface area (Å²) < 4.78 is 0. The van der Waals surface area contributed by atoms with Gasteiger partial charge in [0.1, 0.15) is 0 Å². The van der Waals surface area contributed by atoms with Crippen molar-refractivity contribution >= 4 is 0 Å². The Hall–Kier alpha value is -0.120. The number of β-amino-alcohol motifs (C(OH)–C–C–N with tert-alkyl or cyclic N) is 1. The van der Waals surface area contributed by atoms with Gasteiger partial charge in [-0.15, -0.1) is 0 Å². The molecule has 1 aliphatic rings. The average Bonchev–Trinajstić information content (AvgIpc) is 2.10. The lowest BCUT2D eigenvalue weighted by molar-refractivity contribution is 0.0126. The second-order valence-electron chi connectivity index (χ2n) is 4.77. The van der Waals surface area contributed by atoms with Crippen molar-refractivity contribution in [1.29, 1.82) is 0 Å². The largest absolute Gasteiger partial charge is 0.395 e. The zero-order valence-electron chi connectivity index (χ0n) is 9.32. The van der Waals surface area contributed by atoms with E-state index in [9.17, 15) is 5.11 Å². The molecular formula is C11H23NO2. The van der Waals surface area contributed by atoms with Crippen LogP contribution in [0.15, 0.2) is 0 Å². The van der Waals surface area contributed by atoms with E-state index in [-0.39, 0.29) is 12.7 Å². The molecule has 1 aliphatic heterocycles. The van der Waals surface area contributed by atoms with E-state index in [0.717, 1.165) is 32.5 Å². The van der Waals surface area contributed by atoms with E-state index in [4.69, 9.17) is 5.11 Å². The average molecular weight is 201 g/mol. The molecule has 0 saturated carbocycles. The van der Waals surface area contributed by atoms with Crippen LogP contribution >= 0.6 is 0 Å². The Morgan fingerprint density at radius 3 is 2.71 bits per heavy atom. The van der Waals surface area contributed by atoms with Crippen LogP contribution in [0.5, 0.6) is 0 Å². The fourth-order valence-electron chi connectivity index (χ4n) is 2.28. The summed E-state index contributed by atoms with van der Waals surface area (Å²) in [5.41, 5.74) is 0. The lowest BCUT2D eigenvalue weighted by Crippen LogP contribution is -2.44. The first kappa shape index (κ1) is 12.0. The van der Waals surface area contributed by atoms with Crippen LogP contribution in [0.2, 0.25) is 0 Å². The summed E-state index contributed by atoms with van der Waals surface area (Å²) in [6.07, 6.45) is 1.81. The topological polar surface area (TPSA) is 43.7 Å². The summed E-state index contributed by atoms with van der Waals surface area (Å²) in [6, 6.07) is 0. The molecule has 1 saturated heterocycles. The molecule has 14 heavy (non-hydrogen) atoms. The minimum Gasteiger partial charge on any atom is -0.395 e. The van der Waals surface area contributed by atoms with Crippen molar-refractivity contribution in [2.45, 2.75) is 32.8 Å². The van der Waals surface area contributed by atoms with E-state index in [1.54, 1.807) is 0 Å². The second-order valence-corrected chi connectivity index (χ2v) is 4.77. The van der Waals surface area contributed by atoms with Gasteiger partial charge >= 0.3 is 0 Å². The Morgan fingerprint density at radius 1 is 1.43 bits per heavy atom. The summed E-state index contributed by atoms with van der Waals surface area (Å²) in [4.78, 5) is 2.25. The van der Waals surface area contributed by atoms with E-state index < -0.39 is 0 Å². The number of rotatable bonds is 4. The lowest BCUT2D eigenvalue weighted by atomic mass is 9.87. The van der Waals surface area contributed by atoms with Gasteiger partial charge in [-0.2, -0.15) is 0 Å². The maximum Gasteiger partial charge on any atom is 0.0592 e. The van der Waals surface area contributed by atoms with Crippen molar-refractivity contribution in [3.05, 3.63) is 0 Å². The van der Waals surface area contributed by atoms with Gasteiger partial charge in [0.25, 0.3) is 0 Å². The maximum absolute atomic E-state index is 9.81. The third kappa shape index (κ3) is 3.56. The Labute approximate surface area is 86.7 Å². The van der Waals surface area contributed by atoms with Gasteiger partial charge in [-0.3, -0.25) is 0 Å². The monoisotopic (exact) mass is 201 g/mol. The summed E-state index contributed by atoms with van der Waals surface area (Å²) in [5.74, 6) is 1.04. The van der Waals surface area contributed by atoms with Crippen molar-refractivity contribution < 1.29 is 10.2 Å². The van der Waals surface area contributed by atoms with Gasteiger partial charge in [-0.1, -0.05) is 13.8 Å². The van der Waals surface area contributed by atoms with Crippen LogP contribution in [0.3, 0.4) is 0 Å². The predicted octanol–water partition coefficient (Wildman–Crippen LogP) is 0.708. The van der Waals surface area contributed by atoms with Crippen molar-refractivity contribution in [3.63, 3.8) is 0 Å². The number of likely N-dealkylation sites (tertiary alicyclic amines) is 1. The highest BCUT2D eigenvalue weighted by molar-refractivity contribution is 4.80. The van der Waals surface area contributed by atoms with E-state index >= 15 is 0 Å². The molecule has 0 spiro atoms. The van der Waals surface area contributed by atoms with Gasteiger partial charge in [0.2, 0.25) is 0 Å². The van der Waals surface area contributed by atoms with Crippen molar-refractivity contribution in [2.75, 3.05) is 26.2 Å². The minimum absolute atomic E-state index is 0.132. The predicted molar refractivity (Wildman–Crippen MR) is 57.1 cm³/mol. The number of hydrogen-bond acceptors (Lipinski definition) is 3. The fourth-order valence-corrected chi connectivity index (χ4v) is 2.28. The molecule has 1 rings (SSSR count). The Kier molecular flexibility index (Phi) is 4.85. The standard InChI is InChI=1S/C11H23NO2/c1-9(2)7-10-8-12(5-6-13)4-3-11(10)14/h9-11,13-14H,3-8H2,1-2H3/t10-,11+/m0/s1. The molecule has 0 aromatic carbocycles. The second kappa shape index (κ2) is 5.69. The van der Waals surface area contributed by atoms with Gasteiger partial charge in [-0.05, 0) is 24.7 Å². The van der Waals surface area contributed by atoms with Gasteiger partial charge in [0.05, 0.1) is 12.7 Å². The molecule has 1 heterocycles. The summed E-state index contributed by atoms with van der Waals surface area (Å²) in [7, 11) is 0. The van der Waals surface area contributed by atoms with Crippen molar-refractivity contribution in [3.8, 4) is 0 Å². The van der Waals surface area contributed by atoms with E-state index in [1.807, 2.05) is 0 Å². The molecule has 84 valence electrons. The third-order valence-corrected chi connectivity index (χ3v) is 2.97. The first-order valence-electron chi connectivity index (χ1n) is 5.64. The minimum atomic E-state index is -0.132. The lowest BCUT2D eigenvalue weighted by Gasteiger charge is -2.36. The van der Waals surface area contributed by atoms with Gasteiger partial charge in [0.15, 0.2) is 0 Å². The molecule has 0 aromatic heterocycles. The third-order valence-electron chi connectivity index (χ3n) is 2.97. The molecule has 0 amide bonds. The molecule has 0 aromatic rings. The number of aliphatic hydroxyl groups is 2. The number of aliphatic hydroxyl groups excluding tert-OH is 2. The highest BCUT2D eigenvalue weighted by Crippen LogP contribution is 2.23. The van der Waals surface area contributed by atoms with E-state index in [2.05, 4.69) is 18.7 Å². The van der Waals surface area contributed by atoms with Crippen LogP contribution in [0.4, 0.5) is 0 Å². The molecule has 3 nitrogen and oxygen atoms in total. The van der Waals surface area contributed by atoms with Crippen LogP contribution in [0.25, 0.3) is 0 Å². The highest BCUT2D eigenvalue weighted by atomic mass is 16.3. The normalized spacial score (nSPS) is 29.8. The number of hydrogen-bond donors (Lipinski definition) is 2. The highest BCUT2D eigenvalue weighted by Gasteiger charge is 2.27. The van der Waals surface area contributed by atoms with Crippen molar-refractivity contribution in [2.24, 2.45) is 11.8 Å². The first-order chi connectivity index (χ1) is 6.63. The molecule has 0 aliphatic carbocycles. The molecule has 0 unspecified atom stereocenters. The molecule has 0 radical (unpaired) electrons. The molecular weight excluding hydrogens is 178 g/mol. The Bertz CT molecular complexity index is 161. The van der Waals surface area contributed by atoms with Crippen LogP contribution < -0.4 is 0 Å². The van der Waals surface area contributed by atoms with Crippen molar-refractivity contribution in [1.82, 2.24) is 4.90 Å². The summed E-state index contributed by atoms with van der Waals surface area (Å²) >= 11 is 0. The molecule has 2 N–H and O–H groups in total. The van der Waals surface area contributed by atoms with Crippen LogP contribution in [0, 0.1) is 11.8 Å². The SMILES string of the molecule is CC(C)C[C@H]1CN(CCO)CC[C@H]1O. The quantitative estimate of drug-likeness (QED) is 0.704. The van der Waals surface area contributed by atoms with Crippen LogP contribution in [0.1, 0.15) is 26.7 Å². The van der Waals surface area contributed by atoms with E-state index in [0.29, 0.717) is 11.8 Å². The molecule has 0 bridgehead atoms. The zero-order chi connectivity index (χ0) is 10.6. The van der Waals surface area contributed by atoms with E-state index in [1.165, 1.54) is 0 Å².